The predicted octanol–water partition coefficient (Wildman–Crippen LogP) is 4.05. The van der Waals surface area contributed by atoms with E-state index in [-0.39, 0.29) is 11.2 Å². The van der Waals surface area contributed by atoms with Crippen LogP contribution in [0, 0.1) is 0 Å². The summed E-state index contributed by atoms with van der Waals surface area (Å²) in [6.45, 7) is 6.16. The lowest BCUT2D eigenvalue weighted by Crippen LogP contribution is -1.92. The van der Waals surface area contributed by atoms with Crippen LogP contribution in [0.5, 0.6) is 5.75 Å². The Labute approximate surface area is 117 Å². The highest BCUT2D eigenvalue weighted by Gasteiger charge is 2.17. The highest BCUT2D eigenvalue weighted by molar-refractivity contribution is 7.99. The van der Waals surface area contributed by atoms with E-state index >= 15 is 0 Å². The van der Waals surface area contributed by atoms with Gasteiger partial charge < -0.3 is 9.26 Å². The van der Waals surface area contributed by atoms with Crippen molar-refractivity contribution in [3.63, 3.8) is 0 Å². The van der Waals surface area contributed by atoms with Crippen LogP contribution >= 0.6 is 11.8 Å². The molecule has 0 aliphatic carbocycles. The molecule has 1 heterocycles. The van der Waals surface area contributed by atoms with Crippen molar-refractivity contribution in [2.75, 3.05) is 7.11 Å². The Balaban J connectivity index is 2.08. The molecule has 4 nitrogen and oxygen atoms in total. The molecular formula is C14H18N2O2S. The number of rotatable bonds is 5. The van der Waals surface area contributed by atoms with Crippen LogP contribution in [-0.2, 0) is 0 Å². The van der Waals surface area contributed by atoms with Crippen molar-refractivity contribution >= 4 is 11.8 Å². The topological polar surface area (TPSA) is 48.2 Å². The molecule has 5 heteroatoms. The van der Waals surface area contributed by atoms with Gasteiger partial charge in [0.05, 0.1) is 12.4 Å². The van der Waals surface area contributed by atoms with Crippen LogP contribution < -0.4 is 4.74 Å². The zero-order valence-corrected chi connectivity index (χ0v) is 12.4. The maximum absolute atomic E-state index is 5.30. The number of methoxy groups -OCH3 is 1. The van der Waals surface area contributed by atoms with Crippen molar-refractivity contribution < 1.29 is 9.26 Å². The van der Waals surface area contributed by atoms with E-state index in [0.717, 1.165) is 16.5 Å². The molecule has 1 aromatic heterocycles. The first-order valence-corrected chi connectivity index (χ1v) is 7.12. The van der Waals surface area contributed by atoms with E-state index < -0.39 is 0 Å². The van der Waals surface area contributed by atoms with Gasteiger partial charge in [-0.2, -0.15) is 4.98 Å². The van der Waals surface area contributed by atoms with Gasteiger partial charge in [-0.1, -0.05) is 25.1 Å². The van der Waals surface area contributed by atoms with Crippen molar-refractivity contribution in [3.8, 4) is 5.75 Å². The lowest BCUT2D eigenvalue weighted by Gasteiger charge is -2.07. The van der Waals surface area contributed by atoms with Crippen LogP contribution in [0.3, 0.4) is 0 Å². The van der Waals surface area contributed by atoms with Crippen LogP contribution in [0.2, 0.25) is 0 Å². The predicted molar refractivity (Wildman–Crippen MR) is 75.7 cm³/mol. The number of hydrogen-bond donors (Lipinski definition) is 0. The van der Waals surface area contributed by atoms with Gasteiger partial charge in [-0.25, -0.2) is 0 Å². The number of hydrogen-bond acceptors (Lipinski definition) is 5. The van der Waals surface area contributed by atoms with Gasteiger partial charge in [0.2, 0.25) is 5.89 Å². The van der Waals surface area contributed by atoms with Gasteiger partial charge in [-0.15, -0.1) is 11.8 Å². The van der Waals surface area contributed by atoms with Crippen LogP contribution in [-0.4, -0.2) is 17.3 Å². The third kappa shape index (κ3) is 3.50. The van der Waals surface area contributed by atoms with Crippen molar-refractivity contribution in [1.82, 2.24) is 10.1 Å². The smallest absolute Gasteiger partial charge is 0.239 e. The third-order valence-corrected chi connectivity index (χ3v) is 3.76. The number of thioether (sulfide) groups is 1. The Morgan fingerprint density at radius 2 is 2.05 bits per heavy atom. The normalized spacial score (nSPS) is 12.7. The van der Waals surface area contributed by atoms with E-state index in [1.807, 2.05) is 24.3 Å². The van der Waals surface area contributed by atoms with Crippen LogP contribution in [0.1, 0.15) is 43.7 Å². The summed E-state index contributed by atoms with van der Waals surface area (Å²) in [6.07, 6.45) is 0. The first-order valence-electron chi connectivity index (χ1n) is 6.24. The van der Waals surface area contributed by atoms with Crippen LogP contribution in [0.4, 0.5) is 0 Å². The van der Waals surface area contributed by atoms with E-state index in [1.165, 1.54) is 0 Å². The molecular weight excluding hydrogens is 260 g/mol. The maximum Gasteiger partial charge on any atom is 0.239 e. The quantitative estimate of drug-likeness (QED) is 0.772. The second-order valence-corrected chi connectivity index (χ2v) is 6.00. The second kappa shape index (κ2) is 6.10. The maximum atomic E-state index is 5.30. The van der Waals surface area contributed by atoms with E-state index in [0.29, 0.717) is 5.89 Å². The molecule has 0 amide bonds. The molecule has 0 saturated heterocycles. The molecule has 0 spiro atoms. The molecule has 1 atom stereocenters. The molecule has 0 N–H and O–H groups in total. The van der Waals surface area contributed by atoms with Gasteiger partial charge in [0.1, 0.15) is 5.75 Å². The minimum absolute atomic E-state index is 0.118. The summed E-state index contributed by atoms with van der Waals surface area (Å²) in [5.74, 6) is 2.56. The molecule has 0 radical (unpaired) electrons. The summed E-state index contributed by atoms with van der Waals surface area (Å²) in [6, 6.07) is 7.95. The van der Waals surface area contributed by atoms with Gasteiger partial charge in [0.25, 0.3) is 0 Å². The van der Waals surface area contributed by atoms with Gasteiger partial charge in [0.15, 0.2) is 5.82 Å². The number of aromatic nitrogens is 2. The Morgan fingerprint density at radius 3 is 2.68 bits per heavy atom. The molecule has 0 aliphatic heterocycles. The fourth-order valence-electron chi connectivity index (χ4n) is 1.58. The zero-order valence-electron chi connectivity index (χ0n) is 11.6. The molecule has 0 saturated carbocycles. The van der Waals surface area contributed by atoms with Gasteiger partial charge in [-0.3, -0.25) is 0 Å². The standard InChI is InChI=1S/C14H18N2O2S/c1-9(2)13-15-14(18-16-13)10(3)19-12-7-5-6-11(8-12)17-4/h5-10H,1-4H3. The van der Waals surface area contributed by atoms with E-state index in [2.05, 4.69) is 30.9 Å². The summed E-state index contributed by atoms with van der Waals surface area (Å²) in [5, 5.41) is 4.11. The largest absolute Gasteiger partial charge is 0.497 e. The third-order valence-electron chi connectivity index (χ3n) is 2.68. The molecule has 1 unspecified atom stereocenters. The molecule has 2 rings (SSSR count). The lowest BCUT2D eigenvalue weighted by molar-refractivity contribution is 0.373. The first-order chi connectivity index (χ1) is 9.10. The van der Waals surface area contributed by atoms with Gasteiger partial charge in [0, 0.05) is 10.8 Å². The van der Waals surface area contributed by atoms with Crippen molar-refractivity contribution in [1.29, 1.82) is 0 Å². The summed E-state index contributed by atoms with van der Waals surface area (Å²) < 4.78 is 10.5. The van der Waals surface area contributed by atoms with E-state index in [4.69, 9.17) is 9.26 Å². The van der Waals surface area contributed by atoms with Crippen LogP contribution in [0.25, 0.3) is 0 Å². The minimum atomic E-state index is 0.118. The Bertz CT molecular complexity index is 540. The first kappa shape index (κ1) is 13.9. The average Bonchev–Trinajstić information content (AvgIpc) is 2.89. The molecule has 19 heavy (non-hydrogen) atoms. The molecule has 0 fully saturated rings. The zero-order chi connectivity index (χ0) is 13.8. The Morgan fingerprint density at radius 1 is 1.26 bits per heavy atom. The summed E-state index contributed by atoms with van der Waals surface area (Å²) in [7, 11) is 1.67. The molecule has 102 valence electrons. The molecule has 0 aliphatic rings. The highest BCUT2D eigenvalue weighted by atomic mass is 32.2. The monoisotopic (exact) mass is 278 g/mol. The number of nitrogens with zero attached hydrogens (tertiary/aromatic N) is 2. The summed E-state index contributed by atoms with van der Waals surface area (Å²) in [5.41, 5.74) is 0. The van der Waals surface area contributed by atoms with Crippen molar-refractivity contribution in [3.05, 3.63) is 36.0 Å². The fraction of sp³-hybridized carbons (Fsp3) is 0.429. The fourth-order valence-corrected chi connectivity index (χ4v) is 2.52. The lowest BCUT2D eigenvalue weighted by atomic mass is 10.2. The van der Waals surface area contributed by atoms with E-state index in [9.17, 15) is 0 Å². The molecule has 0 bridgehead atoms. The van der Waals surface area contributed by atoms with Crippen molar-refractivity contribution in [2.45, 2.75) is 36.8 Å². The Kier molecular flexibility index (Phi) is 4.47. The molecule has 2 aromatic rings. The number of benzene rings is 1. The summed E-state index contributed by atoms with van der Waals surface area (Å²) >= 11 is 1.68. The summed E-state index contributed by atoms with van der Waals surface area (Å²) in [4.78, 5) is 5.54. The van der Waals surface area contributed by atoms with E-state index in [1.54, 1.807) is 18.9 Å². The van der Waals surface area contributed by atoms with Gasteiger partial charge in [-0.05, 0) is 25.1 Å². The van der Waals surface area contributed by atoms with Gasteiger partial charge >= 0.3 is 0 Å². The Hall–Kier alpha value is -1.49. The molecule has 1 aromatic carbocycles. The van der Waals surface area contributed by atoms with Crippen LogP contribution in [0.15, 0.2) is 33.7 Å². The highest BCUT2D eigenvalue weighted by Crippen LogP contribution is 2.35. The SMILES string of the molecule is COc1cccc(SC(C)c2nc(C(C)C)no2)c1. The number of ether oxygens (including phenoxy) is 1. The minimum Gasteiger partial charge on any atom is -0.497 e. The second-order valence-electron chi connectivity index (χ2n) is 4.58. The van der Waals surface area contributed by atoms with Crippen molar-refractivity contribution in [2.24, 2.45) is 0 Å². The average molecular weight is 278 g/mol.